The molecule has 4 rings (SSSR count). The number of hydrogen-bond acceptors (Lipinski definition) is 3. The molecule has 1 heterocycles. The maximum Gasteiger partial charge on any atom is 0.322 e. The molecular weight excluding hydrogens is 366 g/mol. The van der Waals surface area contributed by atoms with Crippen molar-refractivity contribution in [2.45, 2.75) is 13.0 Å². The van der Waals surface area contributed by atoms with Crippen LogP contribution < -0.4 is 10.8 Å². The van der Waals surface area contributed by atoms with E-state index in [1.165, 1.54) is 0 Å². The predicted molar refractivity (Wildman–Crippen MR) is 108 cm³/mol. The molecule has 0 aromatic heterocycles. The van der Waals surface area contributed by atoms with Gasteiger partial charge in [-0.3, -0.25) is 15.3 Å². The van der Waals surface area contributed by atoms with E-state index >= 15 is 0 Å². The Balaban J connectivity index is 1.49. The summed E-state index contributed by atoms with van der Waals surface area (Å²) in [5.74, 6) is -0.544. The third kappa shape index (κ3) is 3.91. The van der Waals surface area contributed by atoms with E-state index < -0.39 is 5.91 Å². The first-order valence-electron chi connectivity index (χ1n) is 9.25. The summed E-state index contributed by atoms with van der Waals surface area (Å²) in [6.07, 6.45) is 4.31. The van der Waals surface area contributed by atoms with Crippen LogP contribution in [0.2, 0.25) is 0 Å². The Labute approximate surface area is 168 Å². The number of nitrogens with one attached hydrogen (secondary N) is 2. The quantitative estimate of drug-likeness (QED) is 0.431. The number of rotatable bonds is 3. The van der Waals surface area contributed by atoms with Crippen molar-refractivity contribution in [3.8, 4) is 0 Å². The standard InChI is InChI=1S/C23H19N3O3/c27-22(25-29)18-10-11-19-15-26(13-12-17(19)14-18)23(28)24-21-9-5-4-8-20(21)16-6-2-1-3-7-16/h1-4,6-8,10-11,14,29H,12-13,15H2,(H,24,28)(H,25,27). The third-order valence-corrected chi connectivity index (χ3v) is 4.99. The fourth-order valence-electron chi connectivity index (χ4n) is 3.46. The smallest absolute Gasteiger partial charge is 0.320 e. The summed E-state index contributed by atoms with van der Waals surface area (Å²) in [5, 5.41) is 11.7. The fraction of sp³-hybridized carbons (Fsp3) is 0.130. The lowest BCUT2D eigenvalue weighted by molar-refractivity contribution is 0.0706. The van der Waals surface area contributed by atoms with Gasteiger partial charge in [-0.25, -0.2) is 10.3 Å². The lowest BCUT2D eigenvalue weighted by Gasteiger charge is -2.29. The molecule has 2 aromatic carbocycles. The van der Waals surface area contributed by atoms with Gasteiger partial charge in [-0.05, 0) is 53.1 Å². The Morgan fingerprint density at radius 1 is 1.07 bits per heavy atom. The van der Waals surface area contributed by atoms with Crippen LogP contribution in [-0.2, 0) is 13.0 Å². The van der Waals surface area contributed by atoms with Crippen LogP contribution >= 0.6 is 0 Å². The SMILES string of the molecule is O=C(NO)c1ccc2c(c1)CCN(C(=O)NC1=C=C=CC=C1c1ccccc1)C2. The van der Waals surface area contributed by atoms with Gasteiger partial charge in [-0.2, -0.15) is 0 Å². The van der Waals surface area contributed by atoms with E-state index in [9.17, 15) is 9.59 Å². The summed E-state index contributed by atoms with van der Waals surface area (Å²) in [6, 6.07) is 14.8. The Kier molecular flexibility index (Phi) is 5.14. The van der Waals surface area contributed by atoms with Crippen LogP contribution in [0, 0.1) is 0 Å². The Hall–Kier alpha value is -3.82. The summed E-state index contributed by atoms with van der Waals surface area (Å²) in [7, 11) is 0. The van der Waals surface area contributed by atoms with Crippen molar-refractivity contribution in [2.75, 3.05) is 6.54 Å². The minimum Gasteiger partial charge on any atom is -0.320 e. The second kappa shape index (κ2) is 8.05. The molecule has 144 valence electrons. The van der Waals surface area contributed by atoms with Crippen molar-refractivity contribution >= 4 is 17.5 Å². The Morgan fingerprint density at radius 2 is 1.90 bits per heavy atom. The molecule has 2 aromatic rings. The molecule has 6 nitrogen and oxygen atoms in total. The summed E-state index contributed by atoms with van der Waals surface area (Å²) in [4.78, 5) is 26.2. The van der Waals surface area contributed by atoms with Gasteiger partial charge >= 0.3 is 6.03 Å². The number of fused-ring (bicyclic) bond motifs is 1. The van der Waals surface area contributed by atoms with E-state index in [-0.39, 0.29) is 6.03 Å². The molecule has 0 spiro atoms. The van der Waals surface area contributed by atoms with Crippen molar-refractivity contribution in [2.24, 2.45) is 0 Å². The van der Waals surface area contributed by atoms with Gasteiger partial charge in [-0.1, -0.05) is 42.1 Å². The van der Waals surface area contributed by atoms with Crippen molar-refractivity contribution in [1.82, 2.24) is 15.7 Å². The maximum atomic E-state index is 12.9. The zero-order chi connectivity index (χ0) is 20.2. The van der Waals surface area contributed by atoms with Crippen LogP contribution in [0.4, 0.5) is 4.79 Å². The van der Waals surface area contributed by atoms with Gasteiger partial charge < -0.3 is 4.90 Å². The van der Waals surface area contributed by atoms with Crippen molar-refractivity contribution in [3.05, 3.63) is 100 Å². The highest BCUT2D eigenvalue weighted by Crippen LogP contribution is 2.24. The first-order valence-corrected chi connectivity index (χ1v) is 9.25. The van der Waals surface area contributed by atoms with Crippen LogP contribution in [0.1, 0.15) is 27.0 Å². The highest BCUT2D eigenvalue weighted by atomic mass is 16.5. The number of hydrogen-bond donors (Lipinski definition) is 3. The molecule has 0 atom stereocenters. The summed E-state index contributed by atoms with van der Waals surface area (Å²) in [6.45, 7) is 0.972. The molecule has 3 amide bonds. The molecule has 6 heteroatoms. The number of nitrogens with zero attached hydrogens (tertiary/aromatic N) is 1. The van der Waals surface area contributed by atoms with Gasteiger partial charge in [-0.15, -0.1) is 0 Å². The average Bonchev–Trinajstić information content (AvgIpc) is 2.78. The van der Waals surface area contributed by atoms with Crippen molar-refractivity contribution < 1.29 is 14.8 Å². The number of amides is 3. The first-order chi connectivity index (χ1) is 14.2. The fourth-order valence-corrected chi connectivity index (χ4v) is 3.46. The van der Waals surface area contributed by atoms with Crippen molar-refractivity contribution in [3.63, 3.8) is 0 Å². The highest BCUT2D eigenvalue weighted by Gasteiger charge is 2.23. The molecular formula is C23H19N3O3. The number of carbonyl (C=O) groups excluding carboxylic acids is 2. The maximum absolute atomic E-state index is 12.9. The van der Waals surface area contributed by atoms with Crippen LogP contribution in [0.25, 0.3) is 5.57 Å². The molecule has 1 aliphatic heterocycles. The lowest BCUT2D eigenvalue weighted by Crippen LogP contribution is -2.42. The second-order valence-electron chi connectivity index (χ2n) is 6.78. The average molecular weight is 385 g/mol. The largest absolute Gasteiger partial charge is 0.322 e. The predicted octanol–water partition coefficient (Wildman–Crippen LogP) is 3.16. The molecule has 0 bridgehead atoms. The van der Waals surface area contributed by atoms with Gasteiger partial charge in [0.15, 0.2) is 0 Å². The molecule has 2 aliphatic rings. The monoisotopic (exact) mass is 385 g/mol. The summed E-state index contributed by atoms with van der Waals surface area (Å²) in [5.41, 5.74) is 12.4. The number of carbonyl (C=O) groups is 2. The molecule has 3 N–H and O–H groups in total. The van der Waals surface area contributed by atoms with E-state index in [1.54, 1.807) is 28.6 Å². The van der Waals surface area contributed by atoms with Crippen LogP contribution in [-0.4, -0.2) is 28.6 Å². The van der Waals surface area contributed by atoms with E-state index in [1.807, 2.05) is 42.5 Å². The van der Waals surface area contributed by atoms with Gasteiger partial charge in [0, 0.05) is 24.2 Å². The second-order valence-corrected chi connectivity index (χ2v) is 6.78. The molecule has 0 radical (unpaired) electrons. The van der Waals surface area contributed by atoms with Gasteiger partial charge in [0.25, 0.3) is 5.91 Å². The van der Waals surface area contributed by atoms with Crippen LogP contribution in [0.3, 0.4) is 0 Å². The number of benzene rings is 2. The normalized spacial score (nSPS) is 14.6. The van der Waals surface area contributed by atoms with Crippen LogP contribution in [0.15, 0.2) is 77.8 Å². The molecule has 0 fully saturated rings. The minimum atomic E-state index is -0.544. The van der Waals surface area contributed by atoms with E-state index in [4.69, 9.17) is 5.21 Å². The number of hydroxylamine groups is 1. The van der Waals surface area contributed by atoms with E-state index in [0.717, 1.165) is 22.3 Å². The first kappa shape index (κ1) is 18.5. The Bertz CT molecular complexity index is 1110. The van der Waals surface area contributed by atoms with E-state index in [2.05, 4.69) is 16.8 Å². The lowest BCUT2D eigenvalue weighted by atomic mass is 9.97. The number of allylic oxidation sites excluding steroid dienone is 3. The van der Waals surface area contributed by atoms with Gasteiger partial charge in [0.05, 0.1) is 0 Å². The summed E-state index contributed by atoms with van der Waals surface area (Å²) < 4.78 is 0. The third-order valence-electron chi connectivity index (χ3n) is 4.99. The molecule has 29 heavy (non-hydrogen) atoms. The van der Waals surface area contributed by atoms with Crippen LogP contribution in [0.5, 0.6) is 0 Å². The van der Waals surface area contributed by atoms with E-state index in [0.29, 0.717) is 30.8 Å². The zero-order valence-corrected chi connectivity index (χ0v) is 15.6. The van der Waals surface area contributed by atoms with Crippen molar-refractivity contribution in [1.29, 1.82) is 0 Å². The van der Waals surface area contributed by atoms with Gasteiger partial charge in [0.2, 0.25) is 0 Å². The topological polar surface area (TPSA) is 81.7 Å². The minimum absolute atomic E-state index is 0.208. The van der Waals surface area contributed by atoms with Gasteiger partial charge in [0.1, 0.15) is 5.70 Å². The zero-order valence-electron chi connectivity index (χ0n) is 15.6. The number of urea groups is 1. The molecule has 0 saturated heterocycles. The Morgan fingerprint density at radius 3 is 2.69 bits per heavy atom. The molecule has 0 unspecified atom stereocenters. The molecule has 0 saturated carbocycles. The summed E-state index contributed by atoms with van der Waals surface area (Å²) >= 11 is 0. The highest BCUT2D eigenvalue weighted by molar-refractivity contribution is 5.93. The molecule has 1 aliphatic carbocycles.